The number of rotatable bonds is 7. The summed E-state index contributed by atoms with van der Waals surface area (Å²) in [5, 5.41) is 14.4. The van der Waals surface area contributed by atoms with Gasteiger partial charge in [-0.15, -0.1) is 10.2 Å². The Morgan fingerprint density at radius 2 is 1.65 bits per heavy atom. The van der Waals surface area contributed by atoms with E-state index in [1.54, 1.807) is 47.0 Å². The number of amides is 2. The Morgan fingerprint density at radius 1 is 0.941 bits per heavy atom. The highest BCUT2D eigenvalue weighted by Gasteiger charge is 2.19. The number of nitrogens with zero attached hydrogens (tertiary/aromatic N) is 3. The smallest absolute Gasteiger partial charge is 0.234 e. The maximum atomic E-state index is 14.5. The van der Waals surface area contributed by atoms with Crippen LogP contribution in [-0.4, -0.2) is 32.3 Å². The fourth-order valence-corrected chi connectivity index (χ4v) is 4.06. The highest BCUT2D eigenvalue weighted by atomic mass is 32.2. The molecule has 0 atom stereocenters. The standard InChI is InChI=1S/C25H22FN5O2S/c1-16-10-12-20(13-11-16)31-24(21-8-3-4-9-22(21)26)29-30-25(31)34-15-23(33)28-19-7-5-6-18(14-19)27-17(2)32/h3-14H,15H2,1-2H3,(H,27,32)(H,28,33). The van der Waals surface area contributed by atoms with Crippen molar-refractivity contribution in [2.24, 2.45) is 0 Å². The van der Waals surface area contributed by atoms with Crippen LogP contribution in [0, 0.1) is 12.7 Å². The van der Waals surface area contributed by atoms with Crippen LogP contribution in [0.15, 0.2) is 78.0 Å². The van der Waals surface area contributed by atoms with Crippen molar-refractivity contribution in [3.63, 3.8) is 0 Å². The first-order chi connectivity index (χ1) is 16.4. The van der Waals surface area contributed by atoms with Crippen molar-refractivity contribution in [1.82, 2.24) is 14.8 Å². The molecule has 2 amide bonds. The average molecular weight is 476 g/mol. The Labute approximate surface area is 200 Å². The van der Waals surface area contributed by atoms with E-state index in [9.17, 15) is 14.0 Å². The van der Waals surface area contributed by atoms with Gasteiger partial charge < -0.3 is 10.6 Å². The van der Waals surface area contributed by atoms with Gasteiger partial charge in [0.15, 0.2) is 11.0 Å². The molecule has 0 unspecified atom stereocenters. The molecule has 0 fully saturated rings. The second kappa shape index (κ2) is 10.3. The van der Waals surface area contributed by atoms with Gasteiger partial charge in [-0.3, -0.25) is 14.2 Å². The zero-order valence-electron chi connectivity index (χ0n) is 18.6. The van der Waals surface area contributed by atoms with Crippen molar-refractivity contribution in [2.75, 3.05) is 16.4 Å². The van der Waals surface area contributed by atoms with Crippen molar-refractivity contribution < 1.29 is 14.0 Å². The maximum Gasteiger partial charge on any atom is 0.234 e. The molecular weight excluding hydrogens is 453 g/mol. The van der Waals surface area contributed by atoms with E-state index in [0.29, 0.717) is 27.9 Å². The number of nitrogens with one attached hydrogen (secondary N) is 2. The Kier molecular flexibility index (Phi) is 7.03. The number of aromatic nitrogens is 3. The fourth-order valence-electron chi connectivity index (χ4n) is 3.31. The third-order valence-corrected chi connectivity index (χ3v) is 5.77. The number of aryl methyl sites for hydroxylation is 1. The van der Waals surface area contributed by atoms with Crippen LogP contribution in [0.5, 0.6) is 0 Å². The molecule has 4 aromatic rings. The Bertz CT molecular complexity index is 1340. The van der Waals surface area contributed by atoms with Crippen LogP contribution in [0.3, 0.4) is 0 Å². The lowest BCUT2D eigenvalue weighted by Gasteiger charge is -2.11. The summed E-state index contributed by atoms with van der Waals surface area (Å²) in [7, 11) is 0. The van der Waals surface area contributed by atoms with E-state index in [1.165, 1.54) is 24.8 Å². The lowest BCUT2D eigenvalue weighted by atomic mass is 10.2. The zero-order valence-corrected chi connectivity index (χ0v) is 19.4. The topological polar surface area (TPSA) is 88.9 Å². The van der Waals surface area contributed by atoms with Gasteiger partial charge >= 0.3 is 0 Å². The van der Waals surface area contributed by atoms with E-state index < -0.39 is 5.82 Å². The normalized spacial score (nSPS) is 10.7. The molecule has 34 heavy (non-hydrogen) atoms. The first-order valence-electron chi connectivity index (χ1n) is 10.5. The molecule has 0 aliphatic heterocycles. The number of carbonyl (C=O) groups is 2. The number of thioether (sulfide) groups is 1. The highest BCUT2D eigenvalue weighted by Crippen LogP contribution is 2.29. The van der Waals surface area contributed by atoms with Gasteiger partial charge in [0.05, 0.1) is 11.3 Å². The minimum Gasteiger partial charge on any atom is -0.326 e. The lowest BCUT2D eigenvalue weighted by molar-refractivity contribution is -0.114. The van der Waals surface area contributed by atoms with Crippen LogP contribution in [0.1, 0.15) is 12.5 Å². The molecule has 1 aromatic heterocycles. The Hall–Kier alpha value is -3.98. The molecule has 0 spiro atoms. The van der Waals surface area contributed by atoms with E-state index in [0.717, 1.165) is 11.3 Å². The van der Waals surface area contributed by atoms with Crippen LogP contribution in [0.4, 0.5) is 15.8 Å². The summed E-state index contributed by atoms with van der Waals surface area (Å²) in [4.78, 5) is 23.9. The molecule has 4 rings (SSSR count). The van der Waals surface area contributed by atoms with Gasteiger partial charge in [-0.2, -0.15) is 0 Å². The minimum absolute atomic E-state index is 0.0611. The van der Waals surface area contributed by atoms with Gasteiger partial charge in [0.2, 0.25) is 11.8 Å². The van der Waals surface area contributed by atoms with Crippen molar-refractivity contribution >= 4 is 35.0 Å². The number of hydrogen-bond acceptors (Lipinski definition) is 5. The van der Waals surface area contributed by atoms with Gasteiger partial charge in [-0.05, 0) is 49.4 Å². The third kappa shape index (κ3) is 5.49. The molecule has 172 valence electrons. The predicted molar refractivity (Wildman–Crippen MR) is 132 cm³/mol. The van der Waals surface area contributed by atoms with Gasteiger partial charge in [0.1, 0.15) is 5.82 Å². The lowest BCUT2D eigenvalue weighted by Crippen LogP contribution is -2.15. The summed E-state index contributed by atoms with van der Waals surface area (Å²) in [6, 6.07) is 21.0. The third-order valence-electron chi connectivity index (χ3n) is 4.84. The summed E-state index contributed by atoms with van der Waals surface area (Å²) in [6.45, 7) is 3.40. The van der Waals surface area contributed by atoms with Crippen LogP contribution >= 0.6 is 11.8 Å². The molecule has 3 aromatic carbocycles. The summed E-state index contributed by atoms with van der Waals surface area (Å²) >= 11 is 1.19. The van der Waals surface area contributed by atoms with Crippen molar-refractivity contribution in [2.45, 2.75) is 19.0 Å². The van der Waals surface area contributed by atoms with Gasteiger partial charge in [0.25, 0.3) is 0 Å². The van der Waals surface area contributed by atoms with E-state index in [4.69, 9.17) is 0 Å². The molecule has 0 aliphatic rings. The maximum absolute atomic E-state index is 14.5. The summed E-state index contributed by atoms with van der Waals surface area (Å²) < 4.78 is 16.3. The molecule has 0 radical (unpaired) electrons. The SMILES string of the molecule is CC(=O)Nc1cccc(NC(=O)CSc2nnc(-c3ccccc3F)n2-c2ccc(C)cc2)c1. The van der Waals surface area contributed by atoms with Gasteiger partial charge in [-0.25, -0.2) is 4.39 Å². The van der Waals surface area contributed by atoms with Crippen LogP contribution in [0.2, 0.25) is 0 Å². The van der Waals surface area contributed by atoms with Crippen molar-refractivity contribution in [3.05, 3.63) is 84.2 Å². The Balaban J connectivity index is 1.56. The molecule has 0 bridgehead atoms. The summed E-state index contributed by atoms with van der Waals surface area (Å²) in [5.41, 5.74) is 3.32. The fraction of sp³-hybridized carbons (Fsp3) is 0.120. The first kappa shape index (κ1) is 23.2. The first-order valence-corrected chi connectivity index (χ1v) is 11.5. The van der Waals surface area contributed by atoms with E-state index in [-0.39, 0.29) is 17.6 Å². The highest BCUT2D eigenvalue weighted by molar-refractivity contribution is 7.99. The minimum atomic E-state index is -0.406. The quantitative estimate of drug-likeness (QED) is 0.364. The molecule has 1 heterocycles. The second-order valence-electron chi connectivity index (χ2n) is 7.56. The molecule has 0 aliphatic carbocycles. The molecule has 0 saturated carbocycles. The molecule has 9 heteroatoms. The summed E-state index contributed by atoms with van der Waals surface area (Å²) in [5.74, 6) is -0.438. The van der Waals surface area contributed by atoms with Crippen LogP contribution in [-0.2, 0) is 9.59 Å². The molecule has 0 saturated heterocycles. The Morgan fingerprint density at radius 3 is 2.35 bits per heavy atom. The average Bonchev–Trinajstić information content (AvgIpc) is 3.22. The monoisotopic (exact) mass is 475 g/mol. The van der Waals surface area contributed by atoms with Crippen LogP contribution in [0.25, 0.3) is 17.1 Å². The van der Waals surface area contributed by atoms with E-state index in [1.807, 2.05) is 31.2 Å². The van der Waals surface area contributed by atoms with Crippen molar-refractivity contribution in [1.29, 1.82) is 0 Å². The zero-order chi connectivity index (χ0) is 24.1. The summed E-state index contributed by atoms with van der Waals surface area (Å²) in [6.07, 6.45) is 0. The number of anilines is 2. The number of carbonyl (C=O) groups excluding carboxylic acids is 2. The molecular formula is C25H22FN5O2S. The number of hydrogen-bond donors (Lipinski definition) is 2. The van der Waals surface area contributed by atoms with Crippen LogP contribution < -0.4 is 10.6 Å². The predicted octanol–water partition coefficient (Wildman–Crippen LogP) is 5.07. The molecule has 2 N–H and O–H groups in total. The number of halogens is 1. The number of benzene rings is 3. The second-order valence-corrected chi connectivity index (χ2v) is 8.50. The van der Waals surface area contributed by atoms with Gasteiger partial charge in [-0.1, -0.05) is 47.7 Å². The van der Waals surface area contributed by atoms with E-state index in [2.05, 4.69) is 20.8 Å². The van der Waals surface area contributed by atoms with Gasteiger partial charge in [0, 0.05) is 24.0 Å². The van der Waals surface area contributed by atoms with Crippen molar-refractivity contribution in [3.8, 4) is 17.1 Å². The van der Waals surface area contributed by atoms with E-state index >= 15 is 0 Å². The molecule has 7 nitrogen and oxygen atoms in total. The largest absolute Gasteiger partial charge is 0.326 e.